The molecule has 1 aromatic rings. The van der Waals surface area contributed by atoms with Crippen molar-refractivity contribution in [1.29, 1.82) is 0 Å². The van der Waals surface area contributed by atoms with E-state index in [0.717, 1.165) is 5.56 Å². The van der Waals surface area contributed by atoms with Crippen LogP contribution in [0.4, 0.5) is 13.2 Å². The summed E-state index contributed by atoms with van der Waals surface area (Å²) < 4.78 is 45.9. The summed E-state index contributed by atoms with van der Waals surface area (Å²) in [6.45, 7) is -0.713. The number of halogens is 3. The van der Waals surface area contributed by atoms with Gasteiger partial charge in [0.2, 0.25) is 0 Å². The lowest BCUT2D eigenvalue weighted by molar-refractivity contribution is -0.124. The molecule has 0 bridgehead atoms. The molecule has 0 atom stereocenters. The minimum absolute atomic E-state index is 0.259. The zero-order valence-corrected chi connectivity index (χ0v) is 10.3. The Balaban J connectivity index is 2.48. The molecule has 0 aliphatic heterocycles. The van der Waals surface area contributed by atoms with E-state index in [1.54, 1.807) is 18.2 Å². The van der Waals surface area contributed by atoms with Gasteiger partial charge in [-0.25, -0.2) is 0 Å². The summed E-state index contributed by atoms with van der Waals surface area (Å²) in [4.78, 5) is 0. The van der Waals surface area contributed by atoms with Crippen LogP contribution in [0.5, 0.6) is 11.5 Å². The van der Waals surface area contributed by atoms with E-state index in [-0.39, 0.29) is 6.54 Å². The Labute approximate surface area is 104 Å². The molecule has 0 heterocycles. The van der Waals surface area contributed by atoms with Gasteiger partial charge in [0.25, 0.3) is 0 Å². The molecule has 0 spiro atoms. The molecule has 0 aliphatic rings. The van der Waals surface area contributed by atoms with Crippen LogP contribution >= 0.6 is 0 Å². The molecule has 0 fully saturated rings. The number of hydrogen-bond donors (Lipinski definition) is 1. The van der Waals surface area contributed by atoms with Gasteiger partial charge in [0.1, 0.15) is 0 Å². The average Bonchev–Trinajstić information content (AvgIpc) is 2.33. The fraction of sp³-hybridized carbons (Fsp3) is 0.500. The third-order valence-electron chi connectivity index (χ3n) is 2.36. The van der Waals surface area contributed by atoms with E-state index in [9.17, 15) is 13.2 Å². The van der Waals surface area contributed by atoms with E-state index in [2.05, 4.69) is 5.32 Å². The minimum Gasteiger partial charge on any atom is -0.493 e. The lowest BCUT2D eigenvalue weighted by Gasteiger charge is -2.10. The molecule has 0 unspecified atom stereocenters. The first-order valence-electron chi connectivity index (χ1n) is 5.44. The second-order valence-corrected chi connectivity index (χ2v) is 3.73. The van der Waals surface area contributed by atoms with Crippen molar-refractivity contribution in [1.82, 2.24) is 5.32 Å². The van der Waals surface area contributed by atoms with Gasteiger partial charge in [0.05, 0.1) is 20.8 Å². The Kier molecular flexibility index (Phi) is 5.27. The number of hydrogen-bond acceptors (Lipinski definition) is 3. The number of rotatable bonds is 6. The minimum atomic E-state index is -4.17. The van der Waals surface area contributed by atoms with Gasteiger partial charge in [-0.15, -0.1) is 0 Å². The van der Waals surface area contributed by atoms with Crippen molar-refractivity contribution < 1.29 is 22.6 Å². The number of methoxy groups -OCH3 is 2. The molecular weight excluding hydrogens is 247 g/mol. The fourth-order valence-electron chi connectivity index (χ4n) is 1.50. The Morgan fingerprint density at radius 3 is 2.33 bits per heavy atom. The Morgan fingerprint density at radius 1 is 1.11 bits per heavy atom. The maximum Gasteiger partial charge on any atom is 0.401 e. The highest BCUT2D eigenvalue weighted by Crippen LogP contribution is 2.27. The van der Waals surface area contributed by atoms with Crippen LogP contribution in [-0.4, -0.2) is 33.5 Å². The van der Waals surface area contributed by atoms with Gasteiger partial charge >= 0.3 is 6.18 Å². The van der Waals surface area contributed by atoms with Crippen molar-refractivity contribution in [3.63, 3.8) is 0 Å². The predicted molar refractivity (Wildman–Crippen MR) is 62.2 cm³/mol. The van der Waals surface area contributed by atoms with Crippen molar-refractivity contribution in [3.8, 4) is 11.5 Å². The highest BCUT2D eigenvalue weighted by Gasteiger charge is 2.25. The van der Waals surface area contributed by atoms with Crippen LogP contribution in [0.25, 0.3) is 0 Å². The molecule has 0 saturated carbocycles. The van der Waals surface area contributed by atoms with Gasteiger partial charge in [0, 0.05) is 0 Å². The van der Waals surface area contributed by atoms with Crippen molar-refractivity contribution in [2.24, 2.45) is 0 Å². The van der Waals surface area contributed by atoms with Crippen molar-refractivity contribution in [2.75, 3.05) is 27.3 Å². The first kappa shape index (κ1) is 14.6. The summed E-state index contributed by atoms with van der Waals surface area (Å²) in [5.41, 5.74) is 0.891. The summed E-state index contributed by atoms with van der Waals surface area (Å²) in [5.74, 6) is 1.18. The molecule has 1 aromatic carbocycles. The Bertz CT molecular complexity index is 380. The number of ether oxygens (including phenoxy) is 2. The van der Waals surface area contributed by atoms with E-state index in [4.69, 9.17) is 9.47 Å². The third kappa shape index (κ3) is 4.83. The smallest absolute Gasteiger partial charge is 0.401 e. The van der Waals surface area contributed by atoms with E-state index >= 15 is 0 Å². The molecule has 18 heavy (non-hydrogen) atoms. The van der Waals surface area contributed by atoms with Gasteiger partial charge in [-0.3, -0.25) is 0 Å². The topological polar surface area (TPSA) is 30.5 Å². The standard InChI is InChI=1S/C12H16F3NO2/c1-17-10-4-3-9(7-11(10)18-2)5-6-16-8-12(13,14)15/h3-4,7,16H,5-6,8H2,1-2H3. The highest BCUT2D eigenvalue weighted by molar-refractivity contribution is 5.42. The molecule has 3 nitrogen and oxygen atoms in total. The van der Waals surface area contributed by atoms with Gasteiger partial charge in [-0.2, -0.15) is 13.2 Å². The van der Waals surface area contributed by atoms with E-state index in [1.165, 1.54) is 14.2 Å². The van der Waals surface area contributed by atoms with Crippen LogP contribution in [0.1, 0.15) is 5.56 Å². The predicted octanol–water partition coefficient (Wildman–Crippen LogP) is 2.40. The lowest BCUT2D eigenvalue weighted by atomic mass is 10.1. The summed E-state index contributed by atoms with van der Waals surface area (Å²) in [5, 5.41) is 2.34. The molecule has 0 aromatic heterocycles. The highest BCUT2D eigenvalue weighted by atomic mass is 19.4. The molecule has 102 valence electrons. The summed E-state index contributed by atoms with van der Waals surface area (Å²) in [6, 6.07) is 5.29. The zero-order chi connectivity index (χ0) is 13.6. The first-order chi connectivity index (χ1) is 8.46. The summed E-state index contributed by atoms with van der Waals surface area (Å²) in [7, 11) is 3.05. The molecule has 0 radical (unpaired) electrons. The molecular formula is C12H16F3NO2. The van der Waals surface area contributed by atoms with E-state index in [1.807, 2.05) is 0 Å². The molecule has 1 N–H and O–H groups in total. The molecule has 6 heteroatoms. The van der Waals surface area contributed by atoms with Crippen LogP contribution in [0.2, 0.25) is 0 Å². The SMILES string of the molecule is COc1ccc(CCNCC(F)(F)F)cc1OC. The normalized spacial score (nSPS) is 11.4. The van der Waals surface area contributed by atoms with Crippen LogP contribution in [-0.2, 0) is 6.42 Å². The summed E-state index contributed by atoms with van der Waals surface area (Å²) in [6.07, 6.45) is -3.67. The van der Waals surface area contributed by atoms with E-state index < -0.39 is 12.7 Å². The fourth-order valence-corrected chi connectivity index (χ4v) is 1.50. The lowest BCUT2D eigenvalue weighted by Crippen LogP contribution is -2.30. The van der Waals surface area contributed by atoms with Crippen molar-refractivity contribution in [2.45, 2.75) is 12.6 Å². The quantitative estimate of drug-likeness (QED) is 0.799. The molecule has 0 amide bonds. The second-order valence-electron chi connectivity index (χ2n) is 3.73. The zero-order valence-electron chi connectivity index (χ0n) is 10.3. The van der Waals surface area contributed by atoms with Crippen LogP contribution in [0.15, 0.2) is 18.2 Å². The van der Waals surface area contributed by atoms with Crippen LogP contribution in [0, 0.1) is 0 Å². The van der Waals surface area contributed by atoms with Crippen LogP contribution < -0.4 is 14.8 Å². The van der Waals surface area contributed by atoms with Crippen molar-refractivity contribution >= 4 is 0 Å². The van der Waals surface area contributed by atoms with Gasteiger partial charge in [0.15, 0.2) is 11.5 Å². The monoisotopic (exact) mass is 263 g/mol. The van der Waals surface area contributed by atoms with Crippen LogP contribution in [0.3, 0.4) is 0 Å². The second kappa shape index (κ2) is 6.49. The average molecular weight is 263 g/mol. The Morgan fingerprint density at radius 2 is 1.78 bits per heavy atom. The van der Waals surface area contributed by atoms with Gasteiger partial charge < -0.3 is 14.8 Å². The number of nitrogens with one attached hydrogen (secondary N) is 1. The summed E-state index contributed by atoms with van der Waals surface area (Å²) >= 11 is 0. The molecule has 0 aliphatic carbocycles. The first-order valence-corrected chi connectivity index (χ1v) is 5.44. The van der Waals surface area contributed by atoms with Gasteiger partial charge in [-0.05, 0) is 30.7 Å². The number of alkyl halides is 3. The maximum atomic E-state index is 11.9. The van der Waals surface area contributed by atoms with E-state index in [0.29, 0.717) is 17.9 Å². The number of benzene rings is 1. The van der Waals surface area contributed by atoms with Crippen molar-refractivity contribution in [3.05, 3.63) is 23.8 Å². The van der Waals surface area contributed by atoms with Gasteiger partial charge in [-0.1, -0.05) is 6.07 Å². The Hall–Kier alpha value is -1.43. The third-order valence-corrected chi connectivity index (χ3v) is 2.36. The molecule has 1 rings (SSSR count). The maximum absolute atomic E-state index is 11.9. The molecule has 0 saturated heterocycles. The largest absolute Gasteiger partial charge is 0.493 e.